The standard InChI is InChI=1S/C23H24N6O4S/c1-14-3-5-15(6-4-14)24-21(31)13-34-23-28-27-19(11-16-12-20(30)26-22(32)25-16)29(23)17-7-9-18(33-2)10-8-17/h3-10,16H,11-13H2,1-2H3,(H,24,31)(H2,25,26,30,32). The Morgan fingerprint density at radius 1 is 1.15 bits per heavy atom. The molecule has 3 aromatic rings. The van der Waals surface area contributed by atoms with Crippen LogP contribution in [0.1, 0.15) is 17.8 Å². The molecule has 1 unspecified atom stereocenters. The molecule has 10 nitrogen and oxygen atoms in total. The molecule has 0 radical (unpaired) electrons. The zero-order valence-electron chi connectivity index (χ0n) is 18.7. The number of imide groups is 1. The number of ether oxygens (including phenoxy) is 1. The maximum atomic E-state index is 12.5. The van der Waals surface area contributed by atoms with Gasteiger partial charge in [-0.1, -0.05) is 29.5 Å². The van der Waals surface area contributed by atoms with Gasteiger partial charge in [0, 0.05) is 30.3 Å². The second kappa shape index (κ2) is 10.4. The van der Waals surface area contributed by atoms with Gasteiger partial charge in [0.1, 0.15) is 11.6 Å². The average Bonchev–Trinajstić information content (AvgIpc) is 3.21. The van der Waals surface area contributed by atoms with E-state index in [0.29, 0.717) is 23.2 Å². The fourth-order valence-corrected chi connectivity index (χ4v) is 4.27. The van der Waals surface area contributed by atoms with Crippen molar-refractivity contribution in [3.8, 4) is 11.4 Å². The molecule has 1 atom stereocenters. The number of anilines is 1. The number of hydrogen-bond donors (Lipinski definition) is 3. The number of nitrogens with one attached hydrogen (secondary N) is 3. The first kappa shape index (κ1) is 23.3. The number of carbonyl (C=O) groups is 3. The van der Waals surface area contributed by atoms with E-state index in [9.17, 15) is 14.4 Å². The van der Waals surface area contributed by atoms with Crippen LogP contribution in [0.2, 0.25) is 0 Å². The van der Waals surface area contributed by atoms with Gasteiger partial charge in [0.2, 0.25) is 11.8 Å². The lowest BCUT2D eigenvalue weighted by Gasteiger charge is -2.23. The Balaban J connectivity index is 1.53. The summed E-state index contributed by atoms with van der Waals surface area (Å²) < 4.78 is 7.07. The van der Waals surface area contributed by atoms with Crippen LogP contribution in [0.25, 0.3) is 5.69 Å². The summed E-state index contributed by atoms with van der Waals surface area (Å²) >= 11 is 1.25. The van der Waals surface area contributed by atoms with Crippen LogP contribution >= 0.6 is 11.8 Å². The van der Waals surface area contributed by atoms with E-state index in [0.717, 1.165) is 16.9 Å². The Morgan fingerprint density at radius 3 is 2.56 bits per heavy atom. The molecule has 1 fully saturated rings. The van der Waals surface area contributed by atoms with E-state index in [-0.39, 0.29) is 24.0 Å². The third kappa shape index (κ3) is 5.73. The van der Waals surface area contributed by atoms with Gasteiger partial charge in [-0.05, 0) is 43.3 Å². The molecule has 1 saturated heterocycles. The van der Waals surface area contributed by atoms with Crippen molar-refractivity contribution in [2.45, 2.75) is 31.0 Å². The zero-order valence-corrected chi connectivity index (χ0v) is 19.5. The lowest BCUT2D eigenvalue weighted by Crippen LogP contribution is -2.53. The fourth-order valence-electron chi connectivity index (χ4n) is 3.50. The first-order valence-electron chi connectivity index (χ1n) is 10.6. The minimum Gasteiger partial charge on any atom is -0.497 e. The summed E-state index contributed by atoms with van der Waals surface area (Å²) in [6, 6.07) is 14.0. The van der Waals surface area contributed by atoms with Crippen LogP contribution in [0.3, 0.4) is 0 Å². The Hall–Kier alpha value is -3.86. The number of methoxy groups -OCH3 is 1. The van der Waals surface area contributed by atoms with Gasteiger partial charge in [0.05, 0.1) is 12.9 Å². The van der Waals surface area contributed by atoms with Gasteiger partial charge in [0.15, 0.2) is 5.16 Å². The Bertz CT molecular complexity index is 1180. The SMILES string of the molecule is COc1ccc(-n2c(CC3CC(=O)NC(=O)N3)nnc2SCC(=O)Nc2ccc(C)cc2)cc1. The van der Waals surface area contributed by atoms with Crippen molar-refractivity contribution in [2.75, 3.05) is 18.2 Å². The second-order valence-corrected chi connectivity index (χ2v) is 8.70. The molecule has 176 valence electrons. The fraction of sp³-hybridized carbons (Fsp3) is 0.261. The van der Waals surface area contributed by atoms with E-state index in [1.807, 2.05) is 60.0 Å². The number of amides is 4. The topological polar surface area (TPSA) is 127 Å². The number of hydrogen-bond acceptors (Lipinski definition) is 7. The molecule has 0 aliphatic carbocycles. The zero-order chi connectivity index (χ0) is 24.1. The number of aryl methyl sites for hydroxylation is 1. The van der Waals surface area contributed by atoms with Gasteiger partial charge >= 0.3 is 6.03 Å². The van der Waals surface area contributed by atoms with Crippen molar-refractivity contribution >= 4 is 35.3 Å². The van der Waals surface area contributed by atoms with E-state index in [1.54, 1.807) is 7.11 Å². The highest BCUT2D eigenvalue weighted by Gasteiger charge is 2.27. The van der Waals surface area contributed by atoms with E-state index < -0.39 is 12.1 Å². The summed E-state index contributed by atoms with van der Waals surface area (Å²) in [6.07, 6.45) is 0.441. The molecule has 3 N–H and O–H groups in total. The monoisotopic (exact) mass is 480 g/mol. The van der Waals surface area contributed by atoms with Gasteiger partial charge in [-0.15, -0.1) is 10.2 Å². The number of rotatable bonds is 8. The van der Waals surface area contributed by atoms with E-state index in [2.05, 4.69) is 26.1 Å². The number of thioether (sulfide) groups is 1. The largest absolute Gasteiger partial charge is 0.497 e. The maximum absolute atomic E-state index is 12.5. The summed E-state index contributed by atoms with van der Waals surface area (Å²) in [4.78, 5) is 36.0. The molecule has 0 bridgehead atoms. The predicted molar refractivity (Wildman–Crippen MR) is 127 cm³/mol. The number of carbonyl (C=O) groups excluding carboxylic acids is 3. The molecule has 1 aromatic heterocycles. The number of nitrogens with zero attached hydrogens (tertiary/aromatic N) is 3. The smallest absolute Gasteiger partial charge is 0.321 e. The molecule has 2 heterocycles. The highest BCUT2D eigenvalue weighted by molar-refractivity contribution is 7.99. The first-order valence-corrected chi connectivity index (χ1v) is 11.6. The average molecular weight is 481 g/mol. The van der Waals surface area contributed by atoms with Crippen LogP contribution in [-0.4, -0.2) is 51.5 Å². The molecule has 1 aliphatic heterocycles. The van der Waals surface area contributed by atoms with Gasteiger partial charge in [-0.2, -0.15) is 0 Å². The van der Waals surface area contributed by atoms with Crippen molar-refractivity contribution < 1.29 is 19.1 Å². The lowest BCUT2D eigenvalue weighted by molar-refractivity contribution is -0.121. The van der Waals surface area contributed by atoms with Crippen molar-refractivity contribution in [2.24, 2.45) is 0 Å². The minimum absolute atomic E-state index is 0.130. The molecule has 4 amide bonds. The molecular formula is C23H24N6O4S. The lowest BCUT2D eigenvalue weighted by atomic mass is 10.1. The highest BCUT2D eigenvalue weighted by atomic mass is 32.2. The summed E-state index contributed by atoms with van der Waals surface area (Å²) in [6.45, 7) is 1.98. The quantitative estimate of drug-likeness (QED) is 0.423. The normalized spacial score (nSPS) is 15.4. The minimum atomic E-state index is -0.529. The Kier molecular flexibility index (Phi) is 7.12. The van der Waals surface area contributed by atoms with Crippen molar-refractivity contribution in [3.63, 3.8) is 0 Å². The highest BCUT2D eigenvalue weighted by Crippen LogP contribution is 2.25. The van der Waals surface area contributed by atoms with Gasteiger partial charge in [0.25, 0.3) is 0 Å². The second-order valence-electron chi connectivity index (χ2n) is 7.76. The van der Waals surface area contributed by atoms with Crippen molar-refractivity contribution in [1.82, 2.24) is 25.4 Å². The summed E-state index contributed by atoms with van der Waals surface area (Å²) in [5.74, 6) is 0.875. The molecule has 11 heteroatoms. The van der Waals surface area contributed by atoms with E-state index in [1.165, 1.54) is 11.8 Å². The van der Waals surface area contributed by atoms with Gasteiger partial charge < -0.3 is 15.4 Å². The number of urea groups is 1. The molecule has 34 heavy (non-hydrogen) atoms. The maximum Gasteiger partial charge on any atom is 0.321 e. The Morgan fingerprint density at radius 2 is 1.88 bits per heavy atom. The molecule has 0 saturated carbocycles. The molecule has 2 aromatic carbocycles. The summed E-state index contributed by atoms with van der Waals surface area (Å²) in [5.41, 5.74) is 2.60. The number of benzene rings is 2. The van der Waals surface area contributed by atoms with Crippen molar-refractivity contribution in [1.29, 1.82) is 0 Å². The van der Waals surface area contributed by atoms with Crippen LogP contribution in [-0.2, 0) is 16.0 Å². The van der Waals surface area contributed by atoms with Crippen LogP contribution in [0.5, 0.6) is 5.75 Å². The van der Waals surface area contributed by atoms with Gasteiger partial charge in [-0.3, -0.25) is 19.5 Å². The third-order valence-corrected chi connectivity index (χ3v) is 6.08. The van der Waals surface area contributed by atoms with Gasteiger partial charge in [-0.25, -0.2) is 4.79 Å². The van der Waals surface area contributed by atoms with Crippen LogP contribution in [0.4, 0.5) is 10.5 Å². The van der Waals surface area contributed by atoms with Crippen molar-refractivity contribution in [3.05, 3.63) is 59.9 Å². The molecule has 0 spiro atoms. The predicted octanol–water partition coefficient (Wildman–Crippen LogP) is 2.46. The first-order chi connectivity index (χ1) is 16.4. The molecule has 4 rings (SSSR count). The third-order valence-electron chi connectivity index (χ3n) is 5.15. The van der Waals surface area contributed by atoms with Crippen LogP contribution < -0.4 is 20.7 Å². The Labute approximate surface area is 200 Å². The van der Waals surface area contributed by atoms with Crippen LogP contribution in [0, 0.1) is 6.92 Å². The van der Waals surface area contributed by atoms with E-state index in [4.69, 9.17) is 4.74 Å². The molecular weight excluding hydrogens is 456 g/mol. The summed E-state index contributed by atoms with van der Waals surface area (Å²) in [5, 5.41) is 16.9. The summed E-state index contributed by atoms with van der Waals surface area (Å²) in [7, 11) is 1.59. The van der Waals surface area contributed by atoms with E-state index >= 15 is 0 Å². The number of aromatic nitrogens is 3. The molecule has 1 aliphatic rings. The van der Waals surface area contributed by atoms with Crippen LogP contribution in [0.15, 0.2) is 53.7 Å².